The summed E-state index contributed by atoms with van der Waals surface area (Å²) in [5.74, 6) is 0. The number of hydrogen-bond acceptors (Lipinski definition) is 4. The average Bonchev–Trinajstić information content (AvgIpc) is 2.78. The molecule has 0 fully saturated rings. The molecule has 0 aliphatic carbocycles. The van der Waals surface area contributed by atoms with Gasteiger partial charge in [-0.2, -0.15) is 0 Å². The van der Waals surface area contributed by atoms with Crippen LogP contribution in [-0.2, 0) is 16.6 Å². The van der Waals surface area contributed by atoms with Gasteiger partial charge in [0, 0.05) is 16.8 Å². The van der Waals surface area contributed by atoms with E-state index in [4.69, 9.17) is 5.11 Å². The molecule has 0 spiro atoms. The summed E-state index contributed by atoms with van der Waals surface area (Å²) in [7, 11) is -3.39. The number of sulfonamides is 1. The second-order valence-electron chi connectivity index (χ2n) is 3.87. The van der Waals surface area contributed by atoms with Gasteiger partial charge in [-0.25, -0.2) is 13.1 Å². The number of nitrogens with one attached hydrogen (secondary N) is 1. The second kappa shape index (κ2) is 7.10. The van der Waals surface area contributed by atoms with E-state index in [0.717, 1.165) is 25.7 Å². The fourth-order valence-electron chi connectivity index (χ4n) is 1.43. The largest absolute Gasteiger partial charge is 0.391 e. The molecule has 0 saturated heterocycles. The van der Waals surface area contributed by atoms with Gasteiger partial charge in [-0.15, -0.1) is 11.3 Å². The summed E-state index contributed by atoms with van der Waals surface area (Å²) < 4.78 is 26.2. The maximum atomic E-state index is 11.8. The van der Waals surface area contributed by atoms with Crippen molar-refractivity contribution >= 4 is 21.4 Å². The van der Waals surface area contributed by atoms with Crippen LogP contribution in [0.25, 0.3) is 0 Å². The van der Waals surface area contributed by atoms with Crippen LogP contribution < -0.4 is 4.72 Å². The third kappa shape index (κ3) is 4.75. The molecule has 1 aromatic heterocycles. The lowest BCUT2D eigenvalue weighted by Gasteiger charge is -2.04. The highest BCUT2D eigenvalue weighted by Crippen LogP contribution is 2.18. The van der Waals surface area contributed by atoms with E-state index in [1.807, 2.05) is 0 Å². The summed E-state index contributed by atoms with van der Waals surface area (Å²) in [6, 6.07) is 1.51. The molecule has 1 heterocycles. The fraction of sp³-hybridized carbons (Fsp3) is 0.636. The Kier molecular flexibility index (Phi) is 6.11. The topological polar surface area (TPSA) is 66.4 Å². The Bertz CT molecular complexity index is 426. The van der Waals surface area contributed by atoms with Crippen molar-refractivity contribution in [2.24, 2.45) is 0 Å². The highest BCUT2D eigenvalue weighted by molar-refractivity contribution is 7.89. The first kappa shape index (κ1) is 14.6. The van der Waals surface area contributed by atoms with Crippen LogP contribution in [0.5, 0.6) is 0 Å². The third-order valence-electron chi connectivity index (χ3n) is 2.42. The van der Waals surface area contributed by atoms with Crippen molar-refractivity contribution in [2.75, 3.05) is 6.54 Å². The summed E-state index contributed by atoms with van der Waals surface area (Å²) in [6.07, 6.45) is 4.18. The van der Waals surface area contributed by atoms with E-state index in [1.165, 1.54) is 17.4 Å². The van der Waals surface area contributed by atoms with Gasteiger partial charge in [0.05, 0.1) is 11.5 Å². The van der Waals surface area contributed by atoms with Crippen LogP contribution in [0.4, 0.5) is 0 Å². The van der Waals surface area contributed by atoms with Gasteiger partial charge in [-0.05, 0) is 12.5 Å². The van der Waals surface area contributed by atoms with Gasteiger partial charge < -0.3 is 5.11 Å². The third-order valence-corrected chi connectivity index (χ3v) is 4.93. The van der Waals surface area contributed by atoms with Gasteiger partial charge in [-0.3, -0.25) is 0 Å². The molecule has 6 heteroatoms. The van der Waals surface area contributed by atoms with E-state index in [1.54, 1.807) is 5.38 Å². The number of aliphatic hydroxyl groups is 1. The quantitative estimate of drug-likeness (QED) is 0.715. The maximum absolute atomic E-state index is 11.8. The van der Waals surface area contributed by atoms with Crippen molar-refractivity contribution < 1.29 is 13.5 Å². The van der Waals surface area contributed by atoms with Crippen molar-refractivity contribution in [3.05, 3.63) is 16.3 Å². The van der Waals surface area contributed by atoms with Crippen LogP contribution in [0.15, 0.2) is 16.3 Å². The summed E-state index contributed by atoms with van der Waals surface area (Å²) >= 11 is 1.25. The number of rotatable bonds is 8. The molecule has 0 bridgehead atoms. The summed E-state index contributed by atoms with van der Waals surface area (Å²) in [5, 5.41) is 10.4. The zero-order valence-corrected chi connectivity index (χ0v) is 11.6. The Morgan fingerprint density at radius 2 is 2.12 bits per heavy atom. The van der Waals surface area contributed by atoms with E-state index in [-0.39, 0.29) is 11.5 Å². The van der Waals surface area contributed by atoms with E-state index in [9.17, 15) is 8.42 Å². The van der Waals surface area contributed by atoms with Crippen LogP contribution in [0.2, 0.25) is 0 Å². The predicted molar refractivity (Wildman–Crippen MR) is 69.6 cm³/mol. The van der Waals surface area contributed by atoms with Crippen molar-refractivity contribution in [3.63, 3.8) is 0 Å². The molecule has 0 amide bonds. The molecule has 0 aliphatic heterocycles. The Hall–Kier alpha value is -0.430. The second-order valence-corrected chi connectivity index (χ2v) is 6.63. The van der Waals surface area contributed by atoms with Gasteiger partial charge in [0.25, 0.3) is 0 Å². The molecule has 1 aromatic rings. The highest BCUT2D eigenvalue weighted by Gasteiger charge is 2.14. The molecule has 0 saturated carbocycles. The van der Waals surface area contributed by atoms with Gasteiger partial charge in [-0.1, -0.05) is 26.2 Å². The van der Waals surface area contributed by atoms with Crippen LogP contribution in [0.3, 0.4) is 0 Å². The number of thiophene rings is 1. The zero-order valence-electron chi connectivity index (χ0n) is 9.98. The Balaban J connectivity index is 2.45. The van der Waals surface area contributed by atoms with Crippen molar-refractivity contribution in [2.45, 2.75) is 44.1 Å². The van der Waals surface area contributed by atoms with Crippen LogP contribution in [0.1, 0.15) is 37.5 Å². The average molecular weight is 277 g/mol. The molecule has 0 aliphatic rings. The first-order valence-corrected chi connectivity index (χ1v) is 8.14. The van der Waals surface area contributed by atoms with E-state index < -0.39 is 10.0 Å². The number of hydrogen-bond donors (Lipinski definition) is 2. The molecular weight excluding hydrogens is 258 g/mol. The molecule has 0 radical (unpaired) electrons. The van der Waals surface area contributed by atoms with Gasteiger partial charge >= 0.3 is 0 Å². The Morgan fingerprint density at radius 3 is 2.71 bits per heavy atom. The standard InChI is InChI=1S/C11H19NO3S2/c1-2-3-4-5-6-12-17(14,15)11-7-10(8-13)16-9-11/h7,9,12-13H,2-6,8H2,1H3. The minimum absolute atomic E-state index is 0.114. The molecule has 0 atom stereocenters. The van der Waals surface area contributed by atoms with Crippen LogP contribution in [-0.4, -0.2) is 20.1 Å². The fourth-order valence-corrected chi connectivity index (χ4v) is 3.63. The molecular formula is C11H19NO3S2. The summed E-state index contributed by atoms with van der Waals surface area (Å²) in [6.45, 7) is 2.48. The van der Waals surface area contributed by atoms with E-state index in [2.05, 4.69) is 11.6 Å². The number of unbranched alkanes of at least 4 members (excludes halogenated alkanes) is 3. The lowest BCUT2D eigenvalue weighted by atomic mass is 10.2. The summed E-state index contributed by atoms with van der Waals surface area (Å²) in [4.78, 5) is 0.915. The number of aliphatic hydroxyl groups excluding tert-OH is 1. The lowest BCUT2D eigenvalue weighted by molar-refractivity contribution is 0.285. The maximum Gasteiger partial charge on any atom is 0.241 e. The van der Waals surface area contributed by atoms with Crippen molar-refractivity contribution in [1.29, 1.82) is 0 Å². The predicted octanol–water partition coefficient (Wildman–Crippen LogP) is 2.10. The smallest absolute Gasteiger partial charge is 0.241 e. The zero-order chi connectivity index (χ0) is 12.7. The highest BCUT2D eigenvalue weighted by atomic mass is 32.2. The first-order chi connectivity index (χ1) is 8.10. The molecule has 0 unspecified atom stereocenters. The minimum atomic E-state index is -3.39. The summed E-state index contributed by atoms with van der Waals surface area (Å²) in [5.41, 5.74) is 0. The normalized spacial score (nSPS) is 11.9. The molecule has 2 N–H and O–H groups in total. The SMILES string of the molecule is CCCCCCNS(=O)(=O)c1csc(CO)c1. The van der Waals surface area contributed by atoms with E-state index >= 15 is 0 Å². The Morgan fingerprint density at radius 1 is 1.35 bits per heavy atom. The van der Waals surface area contributed by atoms with Gasteiger partial charge in [0.1, 0.15) is 0 Å². The Labute approximate surface area is 107 Å². The monoisotopic (exact) mass is 277 g/mol. The van der Waals surface area contributed by atoms with Gasteiger partial charge in [0.2, 0.25) is 10.0 Å². The van der Waals surface area contributed by atoms with Crippen LogP contribution >= 0.6 is 11.3 Å². The first-order valence-electron chi connectivity index (χ1n) is 5.78. The van der Waals surface area contributed by atoms with E-state index in [0.29, 0.717) is 11.4 Å². The molecule has 1 rings (SSSR count). The van der Waals surface area contributed by atoms with Crippen molar-refractivity contribution in [1.82, 2.24) is 4.72 Å². The molecule has 0 aromatic carbocycles. The minimum Gasteiger partial charge on any atom is -0.391 e. The lowest BCUT2D eigenvalue weighted by Crippen LogP contribution is -2.24. The molecule has 98 valence electrons. The van der Waals surface area contributed by atoms with Gasteiger partial charge in [0.15, 0.2) is 0 Å². The molecule has 17 heavy (non-hydrogen) atoms. The molecule has 4 nitrogen and oxygen atoms in total. The van der Waals surface area contributed by atoms with Crippen LogP contribution in [0, 0.1) is 0 Å². The van der Waals surface area contributed by atoms with Crippen molar-refractivity contribution in [3.8, 4) is 0 Å².